The molecule has 0 aliphatic carbocycles. The van der Waals surface area contributed by atoms with E-state index in [9.17, 15) is 8.42 Å². The maximum absolute atomic E-state index is 11.4. The summed E-state index contributed by atoms with van der Waals surface area (Å²) in [6.45, 7) is 0. The monoisotopic (exact) mass is 330 g/mol. The minimum Gasteiger partial charge on any atom is -0.457 e. The Labute approximate surface area is 128 Å². The predicted molar refractivity (Wildman–Crippen MR) is 80.6 cm³/mol. The summed E-state index contributed by atoms with van der Waals surface area (Å²) in [5.41, 5.74) is 0.697. The van der Waals surface area contributed by atoms with E-state index in [0.29, 0.717) is 22.1 Å². The van der Waals surface area contributed by atoms with Gasteiger partial charge in [0, 0.05) is 16.8 Å². The van der Waals surface area contributed by atoms with E-state index in [1.54, 1.807) is 30.3 Å². The third kappa shape index (κ3) is 3.45. The second-order valence-electron chi connectivity index (χ2n) is 4.20. The summed E-state index contributed by atoms with van der Waals surface area (Å²) in [6, 6.07) is 11.4. The normalized spacial score (nSPS) is 11.3. The molecule has 0 atom stereocenters. The van der Waals surface area contributed by atoms with Crippen molar-refractivity contribution in [2.75, 3.05) is 6.26 Å². The van der Waals surface area contributed by atoms with Crippen molar-refractivity contribution in [1.82, 2.24) is 0 Å². The Bertz CT molecular complexity index is 710. The van der Waals surface area contributed by atoms with Crippen molar-refractivity contribution >= 4 is 33.0 Å². The molecule has 0 aliphatic heterocycles. The summed E-state index contributed by atoms with van der Waals surface area (Å²) >= 11 is 11.9. The van der Waals surface area contributed by atoms with Gasteiger partial charge in [-0.2, -0.15) is 0 Å². The van der Waals surface area contributed by atoms with Crippen LogP contribution in [-0.2, 0) is 15.7 Å². The Hall–Kier alpha value is -1.23. The first-order chi connectivity index (χ1) is 9.41. The average Bonchev–Trinajstić information content (AvgIpc) is 2.38. The second-order valence-corrected chi connectivity index (χ2v) is 6.89. The SMILES string of the molecule is CS(=O)(=O)c1ccc(Oc2cccc(Cl)c2CCl)cc1. The predicted octanol–water partition coefficient (Wildman–Crippen LogP) is 4.27. The highest BCUT2D eigenvalue weighted by molar-refractivity contribution is 7.90. The van der Waals surface area contributed by atoms with E-state index in [1.807, 2.05) is 0 Å². The molecule has 2 aromatic rings. The zero-order valence-electron chi connectivity index (χ0n) is 10.6. The van der Waals surface area contributed by atoms with E-state index >= 15 is 0 Å². The van der Waals surface area contributed by atoms with Crippen molar-refractivity contribution in [1.29, 1.82) is 0 Å². The van der Waals surface area contributed by atoms with Crippen molar-refractivity contribution in [2.24, 2.45) is 0 Å². The third-order valence-corrected chi connectivity index (χ3v) is 4.44. The van der Waals surface area contributed by atoms with Gasteiger partial charge in [0.2, 0.25) is 0 Å². The molecule has 0 aliphatic rings. The molecule has 2 aromatic carbocycles. The van der Waals surface area contributed by atoms with Crippen molar-refractivity contribution in [2.45, 2.75) is 10.8 Å². The quantitative estimate of drug-likeness (QED) is 0.786. The molecule has 0 unspecified atom stereocenters. The Morgan fingerprint density at radius 3 is 2.30 bits per heavy atom. The van der Waals surface area contributed by atoms with E-state index < -0.39 is 9.84 Å². The molecule has 3 nitrogen and oxygen atoms in total. The molecule has 0 saturated carbocycles. The van der Waals surface area contributed by atoms with Crippen LogP contribution in [0.15, 0.2) is 47.4 Å². The van der Waals surface area contributed by atoms with Crippen LogP contribution in [0.4, 0.5) is 0 Å². The molecule has 0 N–H and O–H groups in total. The van der Waals surface area contributed by atoms with Crippen LogP contribution in [0.2, 0.25) is 5.02 Å². The van der Waals surface area contributed by atoms with Gasteiger partial charge < -0.3 is 4.74 Å². The highest BCUT2D eigenvalue weighted by atomic mass is 35.5. The first kappa shape index (κ1) is 15.2. The third-order valence-electron chi connectivity index (χ3n) is 2.69. The molecule has 6 heteroatoms. The van der Waals surface area contributed by atoms with Crippen LogP contribution in [0.3, 0.4) is 0 Å². The topological polar surface area (TPSA) is 43.4 Å². The summed E-state index contributed by atoms with van der Waals surface area (Å²) < 4.78 is 28.4. The summed E-state index contributed by atoms with van der Waals surface area (Å²) in [5, 5.41) is 0.533. The number of halogens is 2. The molecule has 0 radical (unpaired) electrons. The van der Waals surface area contributed by atoms with E-state index in [-0.39, 0.29) is 10.8 Å². The summed E-state index contributed by atoms with van der Waals surface area (Å²) in [6.07, 6.45) is 1.16. The lowest BCUT2D eigenvalue weighted by Gasteiger charge is -2.11. The molecule has 0 amide bonds. The maximum atomic E-state index is 11.4. The van der Waals surface area contributed by atoms with Crippen LogP contribution in [0, 0.1) is 0 Å². The molecule has 0 saturated heterocycles. The Morgan fingerprint density at radius 2 is 1.75 bits per heavy atom. The van der Waals surface area contributed by atoms with Gasteiger partial charge in [-0.15, -0.1) is 11.6 Å². The van der Waals surface area contributed by atoms with Crippen LogP contribution in [0.1, 0.15) is 5.56 Å². The molecule has 2 rings (SSSR count). The average molecular weight is 331 g/mol. The number of alkyl halides is 1. The van der Waals surface area contributed by atoms with Crippen molar-refractivity contribution in [3.8, 4) is 11.5 Å². The van der Waals surface area contributed by atoms with E-state index in [4.69, 9.17) is 27.9 Å². The minimum atomic E-state index is -3.21. The first-order valence-electron chi connectivity index (χ1n) is 5.73. The summed E-state index contributed by atoms with van der Waals surface area (Å²) in [4.78, 5) is 0.244. The molecule has 0 fully saturated rings. The highest BCUT2D eigenvalue weighted by Crippen LogP contribution is 2.31. The first-order valence-corrected chi connectivity index (χ1v) is 8.53. The molecule has 20 heavy (non-hydrogen) atoms. The maximum Gasteiger partial charge on any atom is 0.175 e. The van der Waals surface area contributed by atoms with Gasteiger partial charge in [0.15, 0.2) is 9.84 Å². The molecule has 0 heterocycles. The molecular formula is C14H12Cl2O3S. The number of benzene rings is 2. The number of sulfone groups is 1. The van der Waals surface area contributed by atoms with Gasteiger partial charge in [-0.05, 0) is 36.4 Å². The molecule has 0 aromatic heterocycles. The van der Waals surface area contributed by atoms with Gasteiger partial charge in [-0.25, -0.2) is 8.42 Å². The van der Waals surface area contributed by atoms with Crippen molar-refractivity contribution in [3.63, 3.8) is 0 Å². The van der Waals surface area contributed by atoms with Crippen LogP contribution >= 0.6 is 23.2 Å². The van der Waals surface area contributed by atoms with Gasteiger partial charge in [-0.3, -0.25) is 0 Å². The fourth-order valence-electron chi connectivity index (χ4n) is 1.65. The Balaban J connectivity index is 2.29. The van der Waals surface area contributed by atoms with Crippen LogP contribution in [-0.4, -0.2) is 14.7 Å². The second kappa shape index (κ2) is 6.04. The Morgan fingerprint density at radius 1 is 1.10 bits per heavy atom. The molecular weight excluding hydrogens is 319 g/mol. The van der Waals surface area contributed by atoms with Gasteiger partial charge >= 0.3 is 0 Å². The van der Waals surface area contributed by atoms with E-state index in [2.05, 4.69) is 0 Å². The van der Waals surface area contributed by atoms with Crippen molar-refractivity contribution < 1.29 is 13.2 Å². The van der Waals surface area contributed by atoms with Crippen LogP contribution in [0.5, 0.6) is 11.5 Å². The van der Waals surface area contributed by atoms with Crippen LogP contribution in [0.25, 0.3) is 0 Å². The van der Waals surface area contributed by atoms with E-state index in [0.717, 1.165) is 6.26 Å². The minimum absolute atomic E-state index is 0.233. The lowest BCUT2D eigenvalue weighted by atomic mass is 10.2. The van der Waals surface area contributed by atoms with Crippen LogP contribution < -0.4 is 4.74 Å². The number of ether oxygens (including phenoxy) is 1. The van der Waals surface area contributed by atoms with E-state index in [1.165, 1.54) is 12.1 Å². The zero-order valence-corrected chi connectivity index (χ0v) is 13.0. The summed E-state index contributed by atoms with van der Waals surface area (Å²) in [5.74, 6) is 1.31. The Kier molecular flexibility index (Phi) is 4.58. The zero-order chi connectivity index (χ0) is 14.8. The molecule has 106 valence electrons. The number of hydrogen-bond donors (Lipinski definition) is 0. The lowest BCUT2D eigenvalue weighted by Crippen LogP contribution is -1.96. The highest BCUT2D eigenvalue weighted by Gasteiger charge is 2.10. The lowest BCUT2D eigenvalue weighted by molar-refractivity contribution is 0.478. The van der Waals surface area contributed by atoms with Crippen molar-refractivity contribution in [3.05, 3.63) is 53.1 Å². The molecule has 0 spiro atoms. The largest absolute Gasteiger partial charge is 0.457 e. The number of hydrogen-bond acceptors (Lipinski definition) is 3. The molecule has 0 bridgehead atoms. The van der Waals surface area contributed by atoms with Gasteiger partial charge in [0.05, 0.1) is 10.8 Å². The fourth-order valence-corrected chi connectivity index (χ4v) is 2.85. The fraction of sp³-hybridized carbons (Fsp3) is 0.143. The van der Waals surface area contributed by atoms with Gasteiger partial charge in [0.25, 0.3) is 0 Å². The van der Waals surface area contributed by atoms with Gasteiger partial charge in [0.1, 0.15) is 11.5 Å². The summed E-state index contributed by atoms with van der Waals surface area (Å²) in [7, 11) is -3.21. The standard InChI is InChI=1S/C14H12Cl2O3S/c1-20(17,18)11-7-5-10(6-8-11)19-14-4-2-3-13(16)12(14)9-15/h2-8H,9H2,1H3. The smallest absolute Gasteiger partial charge is 0.175 e. The number of rotatable bonds is 4. The van der Waals surface area contributed by atoms with Gasteiger partial charge in [-0.1, -0.05) is 17.7 Å².